The highest BCUT2D eigenvalue weighted by atomic mass is 16.5. The summed E-state index contributed by atoms with van der Waals surface area (Å²) >= 11 is 0. The zero-order valence-corrected chi connectivity index (χ0v) is 8.50. The van der Waals surface area contributed by atoms with Crippen molar-refractivity contribution in [1.82, 2.24) is 0 Å². The van der Waals surface area contributed by atoms with E-state index in [2.05, 4.69) is 23.8 Å². The van der Waals surface area contributed by atoms with E-state index in [-0.39, 0.29) is 0 Å². The van der Waals surface area contributed by atoms with Gasteiger partial charge in [0.15, 0.2) is 0 Å². The van der Waals surface area contributed by atoms with E-state index < -0.39 is 0 Å². The van der Waals surface area contributed by atoms with Gasteiger partial charge >= 0.3 is 0 Å². The van der Waals surface area contributed by atoms with Crippen molar-refractivity contribution in [3.63, 3.8) is 0 Å². The molecule has 0 aliphatic rings. The number of carbonyl (C=O) groups is 1. The first-order chi connectivity index (χ1) is 6.41. The molecule has 0 unspecified atom stereocenters. The van der Waals surface area contributed by atoms with E-state index in [4.69, 9.17) is 0 Å². The van der Waals surface area contributed by atoms with Gasteiger partial charge in [0.05, 0.1) is 6.61 Å². The topological polar surface area (TPSA) is 26.3 Å². The van der Waals surface area contributed by atoms with Gasteiger partial charge in [-0.1, -0.05) is 31.9 Å². The van der Waals surface area contributed by atoms with Crippen LogP contribution in [0.4, 0.5) is 0 Å². The Labute approximate surface area is 81.0 Å². The summed E-state index contributed by atoms with van der Waals surface area (Å²) in [5.74, 6) is 0. The minimum absolute atomic E-state index is 0.518. The van der Waals surface area contributed by atoms with Crippen LogP contribution in [0.3, 0.4) is 0 Å². The maximum atomic E-state index is 9.78. The van der Waals surface area contributed by atoms with Crippen LogP contribution in [0.1, 0.15) is 45.4 Å². The summed E-state index contributed by atoms with van der Waals surface area (Å²) < 4.78 is 4.58. The van der Waals surface area contributed by atoms with E-state index in [0.717, 1.165) is 19.3 Å². The normalized spacial score (nSPS) is 10.5. The van der Waals surface area contributed by atoms with Crippen LogP contribution in [0.2, 0.25) is 0 Å². The van der Waals surface area contributed by atoms with Crippen LogP contribution in [-0.4, -0.2) is 13.1 Å². The minimum Gasteiger partial charge on any atom is -0.468 e. The van der Waals surface area contributed by atoms with E-state index in [1.807, 2.05) is 0 Å². The SMILES string of the molecule is CC/C=C/CCCCCCOC=O. The highest BCUT2D eigenvalue weighted by Crippen LogP contribution is 2.03. The standard InChI is InChI=1S/C11H20O2/c1-2-3-4-5-6-7-8-9-10-13-11-12/h3-4,11H,2,5-10H2,1H3/b4-3+. The average molecular weight is 184 g/mol. The van der Waals surface area contributed by atoms with Gasteiger partial charge in [0.25, 0.3) is 6.47 Å². The van der Waals surface area contributed by atoms with Crippen LogP contribution in [0, 0.1) is 0 Å². The van der Waals surface area contributed by atoms with Gasteiger partial charge in [-0.05, 0) is 25.7 Å². The van der Waals surface area contributed by atoms with Crippen LogP contribution in [0.15, 0.2) is 12.2 Å². The Morgan fingerprint density at radius 3 is 2.54 bits per heavy atom. The lowest BCUT2D eigenvalue weighted by Gasteiger charge is -1.98. The van der Waals surface area contributed by atoms with Crippen LogP contribution in [-0.2, 0) is 9.53 Å². The average Bonchev–Trinajstić information content (AvgIpc) is 2.16. The highest BCUT2D eigenvalue weighted by Gasteiger charge is 1.88. The predicted octanol–water partition coefficient (Wildman–Crippen LogP) is 3.08. The summed E-state index contributed by atoms with van der Waals surface area (Å²) in [6, 6.07) is 0. The predicted molar refractivity (Wildman–Crippen MR) is 54.5 cm³/mol. The number of allylic oxidation sites excluding steroid dienone is 2. The van der Waals surface area contributed by atoms with Gasteiger partial charge in [-0.15, -0.1) is 0 Å². The molecule has 0 fully saturated rings. The van der Waals surface area contributed by atoms with E-state index in [0.29, 0.717) is 13.1 Å². The largest absolute Gasteiger partial charge is 0.468 e. The molecule has 0 heterocycles. The summed E-state index contributed by atoms with van der Waals surface area (Å²) in [7, 11) is 0. The third-order valence-corrected chi connectivity index (χ3v) is 1.85. The second-order valence-electron chi connectivity index (χ2n) is 3.05. The molecule has 2 nitrogen and oxygen atoms in total. The first kappa shape index (κ1) is 12.2. The van der Waals surface area contributed by atoms with Gasteiger partial charge in [-0.3, -0.25) is 4.79 Å². The molecule has 13 heavy (non-hydrogen) atoms. The van der Waals surface area contributed by atoms with E-state index in [1.54, 1.807) is 0 Å². The smallest absolute Gasteiger partial charge is 0.293 e. The second-order valence-corrected chi connectivity index (χ2v) is 3.05. The first-order valence-electron chi connectivity index (χ1n) is 5.12. The van der Waals surface area contributed by atoms with Crippen molar-refractivity contribution in [2.45, 2.75) is 45.4 Å². The lowest BCUT2D eigenvalue weighted by Crippen LogP contribution is -1.90. The minimum atomic E-state index is 0.518. The van der Waals surface area contributed by atoms with Crippen LogP contribution < -0.4 is 0 Å². The van der Waals surface area contributed by atoms with Gasteiger partial charge in [-0.25, -0.2) is 0 Å². The van der Waals surface area contributed by atoms with Gasteiger partial charge in [0, 0.05) is 0 Å². The molecule has 0 bridgehead atoms. The van der Waals surface area contributed by atoms with Gasteiger partial charge in [-0.2, -0.15) is 0 Å². The molecule has 0 aromatic carbocycles. The Morgan fingerprint density at radius 2 is 1.85 bits per heavy atom. The summed E-state index contributed by atoms with van der Waals surface area (Å²) in [4.78, 5) is 9.78. The van der Waals surface area contributed by atoms with Gasteiger partial charge in [0.2, 0.25) is 0 Å². The highest BCUT2D eigenvalue weighted by molar-refractivity contribution is 5.36. The van der Waals surface area contributed by atoms with Crippen LogP contribution in [0.25, 0.3) is 0 Å². The van der Waals surface area contributed by atoms with Crippen molar-refractivity contribution < 1.29 is 9.53 Å². The van der Waals surface area contributed by atoms with Gasteiger partial charge in [0.1, 0.15) is 0 Å². The molecule has 0 aliphatic heterocycles. The first-order valence-corrected chi connectivity index (χ1v) is 5.12. The third kappa shape index (κ3) is 11.2. The fourth-order valence-electron chi connectivity index (χ4n) is 1.13. The van der Waals surface area contributed by atoms with Crippen molar-refractivity contribution >= 4 is 6.47 Å². The lowest BCUT2D eigenvalue weighted by molar-refractivity contribution is -0.128. The van der Waals surface area contributed by atoms with Crippen molar-refractivity contribution in [1.29, 1.82) is 0 Å². The summed E-state index contributed by atoms with van der Waals surface area (Å²) in [5.41, 5.74) is 0. The molecule has 0 aromatic heterocycles. The molecule has 0 aromatic rings. The van der Waals surface area contributed by atoms with E-state index in [1.165, 1.54) is 19.3 Å². The molecule has 0 aliphatic carbocycles. The van der Waals surface area contributed by atoms with Crippen LogP contribution >= 0.6 is 0 Å². The number of hydrogen-bond acceptors (Lipinski definition) is 2. The Kier molecular flexibility index (Phi) is 10.5. The quantitative estimate of drug-likeness (QED) is 0.313. The van der Waals surface area contributed by atoms with Crippen molar-refractivity contribution in [2.24, 2.45) is 0 Å². The number of ether oxygens (including phenoxy) is 1. The maximum Gasteiger partial charge on any atom is 0.293 e. The zero-order valence-electron chi connectivity index (χ0n) is 8.50. The van der Waals surface area contributed by atoms with Gasteiger partial charge < -0.3 is 4.74 Å². The van der Waals surface area contributed by atoms with Crippen molar-refractivity contribution in [2.75, 3.05) is 6.61 Å². The van der Waals surface area contributed by atoms with Crippen molar-refractivity contribution in [3.8, 4) is 0 Å². The second kappa shape index (κ2) is 11.2. The number of unbranched alkanes of at least 4 members (excludes halogenated alkanes) is 4. The third-order valence-electron chi connectivity index (χ3n) is 1.85. The molecule has 0 radical (unpaired) electrons. The molecule has 76 valence electrons. The molecule has 0 saturated heterocycles. The molecule has 0 spiro atoms. The molecule has 2 heteroatoms. The Hall–Kier alpha value is -0.790. The fourth-order valence-corrected chi connectivity index (χ4v) is 1.13. The lowest BCUT2D eigenvalue weighted by atomic mass is 10.1. The van der Waals surface area contributed by atoms with Crippen LogP contribution in [0.5, 0.6) is 0 Å². The summed E-state index contributed by atoms with van der Waals surface area (Å²) in [5, 5.41) is 0. The Balaban J connectivity index is 2.91. The Bertz CT molecular complexity index is 130. The number of hydrogen-bond donors (Lipinski definition) is 0. The maximum absolute atomic E-state index is 9.78. The Morgan fingerprint density at radius 1 is 1.08 bits per heavy atom. The molecular weight excluding hydrogens is 164 g/mol. The number of carbonyl (C=O) groups excluding carboxylic acids is 1. The summed E-state index contributed by atoms with van der Waals surface area (Å²) in [6.45, 7) is 3.24. The van der Waals surface area contributed by atoms with Crippen molar-refractivity contribution in [3.05, 3.63) is 12.2 Å². The fraction of sp³-hybridized carbons (Fsp3) is 0.727. The molecule has 0 amide bonds. The number of rotatable bonds is 9. The molecule has 0 atom stereocenters. The molecule has 0 saturated carbocycles. The summed E-state index contributed by atoms with van der Waals surface area (Å²) in [6.07, 6.45) is 11.4. The molecule has 0 rings (SSSR count). The molecule has 0 N–H and O–H groups in total. The van der Waals surface area contributed by atoms with E-state index in [9.17, 15) is 4.79 Å². The van der Waals surface area contributed by atoms with E-state index >= 15 is 0 Å². The monoisotopic (exact) mass is 184 g/mol. The zero-order chi connectivity index (χ0) is 9.78. The molecular formula is C11H20O2.